The minimum atomic E-state index is -1.77. The predicted molar refractivity (Wildman–Crippen MR) is 229 cm³/mol. The van der Waals surface area contributed by atoms with Crippen molar-refractivity contribution in [2.45, 2.75) is 40.5 Å². The molecule has 0 aromatic heterocycles. The van der Waals surface area contributed by atoms with Crippen molar-refractivity contribution in [3.63, 3.8) is 0 Å². The molecule has 0 atom stereocenters. The van der Waals surface area contributed by atoms with E-state index >= 15 is 0 Å². The number of hydrogen-bond donors (Lipinski definition) is 0. The van der Waals surface area contributed by atoms with E-state index < -0.39 is 58.5 Å². The topological polar surface area (TPSA) is 199 Å². The molecular weight excluding hydrogens is 833 g/mol. The highest BCUT2D eigenvalue weighted by Crippen LogP contribution is 2.32. The molecule has 344 valence electrons. The van der Waals surface area contributed by atoms with Crippen LogP contribution in [0, 0.1) is 10.8 Å². The molecule has 4 saturated heterocycles. The molecule has 0 N–H and O–H groups in total. The second kappa shape index (κ2) is 19.9. The molecule has 0 bridgehead atoms. The Bertz CT molecular complexity index is 2010. The number of urea groups is 2. The summed E-state index contributed by atoms with van der Waals surface area (Å²) in [5, 5.41) is 0.352. The highest BCUT2D eigenvalue weighted by atomic mass is 16.7. The van der Waals surface area contributed by atoms with Crippen LogP contribution in [-0.2, 0) is 38.4 Å². The fourth-order valence-electron chi connectivity index (χ4n) is 7.98. The number of hydroxylamine groups is 4. The number of para-hydroxylation sites is 4. The summed E-state index contributed by atoms with van der Waals surface area (Å²) in [5.74, 6) is -4.88. The van der Waals surface area contributed by atoms with Crippen LogP contribution >= 0.6 is 0 Å². The molecule has 0 saturated carbocycles. The molecule has 0 spiro atoms. The third-order valence-electron chi connectivity index (χ3n) is 11.8. The van der Waals surface area contributed by atoms with Crippen LogP contribution in [0.25, 0.3) is 0 Å². The van der Waals surface area contributed by atoms with Gasteiger partial charge in [-0.3, -0.25) is 38.8 Å². The van der Waals surface area contributed by atoms with Crippen molar-refractivity contribution in [3.05, 3.63) is 60.7 Å². The Morgan fingerprint density at radius 1 is 0.516 bits per heavy atom. The molecule has 4 aliphatic rings. The molecular formula is C44H56N8O12. The maximum absolute atomic E-state index is 13.4. The van der Waals surface area contributed by atoms with Crippen LogP contribution in [-0.4, -0.2) is 170 Å². The van der Waals surface area contributed by atoms with Crippen LogP contribution in [0.1, 0.15) is 40.5 Å². The normalized spacial score (nSPS) is 19.8. The number of barbiturate groups is 2. The van der Waals surface area contributed by atoms with Gasteiger partial charge in [0.15, 0.2) is 0 Å². The van der Waals surface area contributed by atoms with Crippen molar-refractivity contribution in [1.82, 2.24) is 29.7 Å². The van der Waals surface area contributed by atoms with Crippen molar-refractivity contribution >= 4 is 59.0 Å². The summed E-state index contributed by atoms with van der Waals surface area (Å²) in [6.07, 6.45) is 1.81. The Morgan fingerprint density at radius 3 is 1.20 bits per heavy atom. The van der Waals surface area contributed by atoms with E-state index in [9.17, 15) is 38.4 Å². The number of piperazine rings is 2. The number of ether oxygens (including phenoxy) is 2. The van der Waals surface area contributed by atoms with Gasteiger partial charge in [-0.25, -0.2) is 19.2 Å². The molecule has 0 radical (unpaired) electrons. The molecule has 8 amide bonds. The monoisotopic (exact) mass is 888 g/mol. The first-order valence-electron chi connectivity index (χ1n) is 21.2. The lowest BCUT2D eigenvalue weighted by atomic mass is 9.88. The quantitative estimate of drug-likeness (QED) is 0.176. The van der Waals surface area contributed by atoms with E-state index in [1.54, 1.807) is 14.2 Å². The summed E-state index contributed by atoms with van der Waals surface area (Å²) >= 11 is 0. The van der Waals surface area contributed by atoms with Crippen LogP contribution in [0.5, 0.6) is 11.5 Å². The van der Waals surface area contributed by atoms with Gasteiger partial charge >= 0.3 is 24.0 Å². The van der Waals surface area contributed by atoms with Gasteiger partial charge < -0.3 is 28.9 Å². The predicted octanol–water partition coefficient (Wildman–Crippen LogP) is 2.53. The van der Waals surface area contributed by atoms with E-state index in [1.807, 2.05) is 48.5 Å². The zero-order valence-electron chi connectivity index (χ0n) is 37.1. The van der Waals surface area contributed by atoms with Gasteiger partial charge in [-0.1, -0.05) is 34.4 Å². The molecule has 2 aromatic rings. The van der Waals surface area contributed by atoms with E-state index in [4.69, 9.17) is 19.1 Å². The Morgan fingerprint density at radius 2 is 0.859 bits per heavy atom. The van der Waals surface area contributed by atoms with Gasteiger partial charge in [0.25, 0.3) is 11.8 Å². The largest absolute Gasteiger partial charge is 0.495 e. The number of benzene rings is 2. The maximum Gasteiger partial charge on any atom is 0.367 e. The number of nitrogens with zero attached hydrogens (tertiary/aromatic N) is 8. The second-order valence-electron chi connectivity index (χ2n) is 16.8. The van der Waals surface area contributed by atoms with Crippen LogP contribution in [0.4, 0.5) is 21.0 Å². The van der Waals surface area contributed by atoms with Gasteiger partial charge in [0.05, 0.1) is 25.6 Å². The average Bonchev–Trinajstić information content (AvgIpc) is 3.30. The standard InChI is InChI=1S/C44H56N8O12/c1-43(2)37(55)49(21-11-19-45-23-27-47(28-24-45)31-13-7-9-15-33(31)61-5)41(59)51(39(43)57)63-35(53)17-18-36(54)64-52-40(58)44(3,4)38(56)50(42(52)60)22-12-20-46-25-29-48(30-26-46)32-14-8-10-16-34(32)62-6/h7-10,13-18H,11-12,19-30H2,1-6H3/b18-17+. The number of anilines is 2. The SMILES string of the molecule is COc1ccccc1N1CCN(CCCN2C(=O)N(OC(=O)/C=C/C(=O)ON3C(=O)N(CCCN4CCN(c5ccccc5OC)CC4)C(=O)C(C)(C)C3=O)C(=O)C(C)(C)C2=O)CC1. The lowest BCUT2D eigenvalue weighted by Gasteiger charge is -2.39. The van der Waals surface area contributed by atoms with E-state index in [-0.39, 0.29) is 23.2 Å². The molecule has 2 aromatic carbocycles. The van der Waals surface area contributed by atoms with Gasteiger partial charge in [-0.2, -0.15) is 0 Å². The van der Waals surface area contributed by atoms with Gasteiger partial charge in [0.2, 0.25) is 11.8 Å². The highest BCUT2D eigenvalue weighted by molar-refractivity contribution is 6.19. The number of hydrogen-bond acceptors (Lipinski definition) is 16. The minimum Gasteiger partial charge on any atom is -0.495 e. The first-order valence-corrected chi connectivity index (χ1v) is 21.2. The number of methoxy groups -OCH3 is 2. The molecule has 64 heavy (non-hydrogen) atoms. The zero-order chi connectivity index (χ0) is 46.3. The highest BCUT2D eigenvalue weighted by Gasteiger charge is 2.54. The molecule has 4 fully saturated rings. The molecule has 4 heterocycles. The molecule has 20 nitrogen and oxygen atoms in total. The second-order valence-corrected chi connectivity index (χ2v) is 16.8. The summed E-state index contributed by atoms with van der Waals surface area (Å²) in [6.45, 7) is 12.0. The summed E-state index contributed by atoms with van der Waals surface area (Å²) < 4.78 is 11.0. The third-order valence-corrected chi connectivity index (χ3v) is 11.8. The van der Waals surface area contributed by atoms with Crippen molar-refractivity contribution in [1.29, 1.82) is 0 Å². The van der Waals surface area contributed by atoms with Gasteiger partial charge in [0.1, 0.15) is 22.3 Å². The van der Waals surface area contributed by atoms with E-state index in [0.717, 1.165) is 85.0 Å². The minimum absolute atomic E-state index is 0.0627. The van der Waals surface area contributed by atoms with E-state index in [0.29, 0.717) is 38.1 Å². The maximum atomic E-state index is 13.4. The molecule has 6 rings (SSSR count). The lowest BCUT2D eigenvalue weighted by Crippen LogP contribution is -2.63. The number of imide groups is 4. The van der Waals surface area contributed by atoms with E-state index in [1.165, 1.54) is 27.7 Å². The van der Waals surface area contributed by atoms with Crippen LogP contribution in [0.15, 0.2) is 60.7 Å². The van der Waals surface area contributed by atoms with Gasteiger partial charge in [-0.15, -0.1) is 0 Å². The Labute approximate surface area is 371 Å². The zero-order valence-corrected chi connectivity index (χ0v) is 37.1. The van der Waals surface area contributed by atoms with E-state index in [2.05, 4.69) is 19.6 Å². The van der Waals surface area contributed by atoms with Crippen LogP contribution < -0.4 is 19.3 Å². The van der Waals surface area contributed by atoms with Crippen molar-refractivity contribution in [2.75, 3.05) is 103 Å². The number of carbonyl (C=O) groups is 8. The molecule has 0 aliphatic carbocycles. The Kier molecular flexibility index (Phi) is 14.6. The van der Waals surface area contributed by atoms with Crippen LogP contribution in [0.2, 0.25) is 0 Å². The summed E-state index contributed by atoms with van der Waals surface area (Å²) in [4.78, 5) is 126. The molecule has 20 heteroatoms. The number of rotatable bonds is 16. The number of amides is 8. The van der Waals surface area contributed by atoms with Crippen molar-refractivity contribution in [2.24, 2.45) is 10.8 Å². The Hall–Kier alpha value is -6.54. The smallest absolute Gasteiger partial charge is 0.367 e. The fourth-order valence-corrected chi connectivity index (χ4v) is 7.98. The Balaban J connectivity index is 0.985. The van der Waals surface area contributed by atoms with Gasteiger partial charge in [-0.05, 0) is 77.9 Å². The summed E-state index contributed by atoms with van der Waals surface area (Å²) in [6, 6.07) is 13.2. The average molecular weight is 889 g/mol. The molecule has 0 unspecified atom stereocenters. The van der Waals surface area contributed by atoms with Crippen LogP contribution in [0.3, 0.4) is 0 Å². The third kappa shape index (κ3) is 9.97. The van der Waals surface area contributed by atoms with Gasteiger partial charge in [0, 0.05) is 77.6 Å². The fraction of sp³-hybridized carbons (Fsp3) is 0.500. The first kappa shape index (κ1) is 47.0. The van der Waals surface area contributed by atoms with Crippen molar-refractivity contribution < 1.29 is 57.5 Å². The molecule has 4 aliphatic heterocycles. The number of carbonyl (C=O) groups excluding carboxylic acids is 8. The lowest BCUT2D eigenvalue weighted by molar-refractivity contribution is -0.197. The summed E-state index contributed by atoms with van der Waals surface area (Å²) in [7, 11) is 3.26. The first-order chi connectivity index (χ1) is 30.5. The summed E-state index contributed by atoms with van der Waals surface area (Å²) in [5.41, 5.74) is -1.54. The van der Waals surface area contributed by atoms with Crippen molar-refractivity contribution in [3.8, 4) is 11.5 Å².